The van der Waals surface area contributed by atoms with E-state index in [1.807, 2.05) is 38.1 Å². The Morgan fingerprint density at radius 3 is 2.03 bits per heavy atom. The summed E-state index contributed by atoms with van der Waals surface area (Å²) >= 11 is 0. The van der Waals surface area contributed by atoms with Crippen LogP contribution in [0.1, 0.15) is 58.1 Å². The van der Waals surface area contributed by atoms with Gasteiger partial charge in [0.2, 0.25) is 0 Å². The number of carbonyl (C=O) groups is 4. The number of amides is 4. The van der Waals surface area contributed by atoms with E-state index in [4.69, 9.17) is 0 Å². The van der Waals surface area contributed by atoms with E-state index < -0.39 is 18.0 Å². The second kappa shape index (κ2) is 14.1. The molecular formula is C23H36N4O5. The summed E-state index contributed by atoms with van der Waals surface area (Å²) in [5.74, 6) is -0.885. The fourth-order valence-corrected chi connectivity index (χ4v) is 2.82. The lowest BCUT2D eigenvalue weighted by Gasteiger charge is -2.16. The van der Waals surface area contributed by atoms with Crippen LogP contribution in [0.4, 0.5) is 9.59 Å². The zero-order chi connectivity index (χ0) is 24.1. The second-order valence-electron chi connectivity index (χ2n) is 8.38. The van der Waals surface area contributed by atoms with Crippen LogP contribution in [0.3, 0.4) is 0 Å². The molecule has 0 radical (unpaired) electrons. The lowest BCUT2D eigenvalue weighted by Crippen LogP contribution is -2.47. The number of aliphatic carboxylic acids is 1. The fraction of sp³-hybridized carbons (Fsp3) is 0.565. The summed E-state index contributed by atoms with van der Waals surface area (Å²) in [6, 6.07) is 5.68. The number of unbranched alkanes of at least 4 members (excludes halogenated alkanes) is 1. The smallest absolute Gasteiger partial charge is 0.326 e. The molecule has 4 amide bonds. The number of ketones is 1. The highest BCUT2D eigenvalue weighted by atomic mass is 16.4. The topological polar surface area (TPSA) is 137 Å². The first-order valence-electron chi connectivity index (χ1n) is 11.0. The van der Waals surface area contributed by atoms with Gasteiger partial charge in [-0.1, -0.05) is 38.1 Å². The fourth-order valence-electron chi connectivity index (χ4n) is 2.82. The number of carboxylic acid groups (broad SMARTS) is 1. The molecule has 9 nitrogen and oxygen atoms in total. The van der Waals surface area contributed by atoms with Crippen LogP contribution in [0.2, 0.25) is 0 Å². The number of urea groups is 2. The third kappa shape index (κ3) is 11.3. The minimum absolute atomic E-state index is 0.00990. The van der Waals surface area contributed by atoms with Gasteiger partial charge in [-0.2, -0.15) is 0 Å². The third-order valence-corrected chi connectivity index (χ3v) is 4.73. The molecule has 0 spiro atoms. The molecular weight excluding hydrogens is 412 g/mol. The standard InChI is InChI=1S/C23H36N4O5/c1-15(2)20(28)13-17-8-10-18(11-9-17)14-25-22(31)24-12-6-5-7-19(21(29)30)27-23(32)26-16(3)4/h8-11,15-16,19H,5-7,12-14H2,1-4H3,(H,29,30)(H2,24,25,31)(H2,26,27,32)/t19-/m0/s1. The predicted molar refractivity (Wildman–Crippen MR) is 122 cm³/mol. The summed E-state index contributed by atoms with van der Waals surface area (Å²) in [6.45, 7) is 8.10. The number of benzene rings is 1. The van der Waals surface area contributed by atoms with Crippen LogP contribution in [0.25, 0.3) is 0 Å². The highest BCUT2D eigenvalue weighted by Crippen LogP contribution is 2.08. The van der Waals surface area contributed by atoms with Crippen LogP contribution >= 0.6 is 0 Å². The van der Waals surface area contributed by atoms with Crippen LogP contribution in [-0.4, -0.2) is 47.5 Å². The molecule has 0 aliphatic carbocycles. The maximum Gasteiger partial charge on any atom is 0.326 e. The van der Waals surface area contributed by atoms with Crippen molar-refractivity contribution in [3.63, 3.8) is 0 Å². The van der Waals surface area contributed by atoms with E-state index in [0.29, 0.717) is 32.4 Å². The van der Waals surface area contributed by atoms with E-state index >= 15 is 0 Å². The number of rotatable bonds is 13. The number of nitrogens with one attached hydrogen (secondary N) is 4. The van der Waals surface area contributed by atoms with E-state index in [9.17, 15) is 24.3 Å². The largest absolute Gasteiger partial charge is 0.480 e. The first-order valence-corrected chi connectivity index (χ1v) is 11.0. The van der Waals surface area contributed by atoms with Gasteiger partial charge in [-0.15, -0.1) is 0 Å². The zero-order valence-corrected chi connectivity index (χ0v) is 19.4. The summed E-state index contributed by atoms with van der Waals surface area (Å²) in [4.78, 5) is 46.7. The molecule has 0 bridgehead atoms. The van der Waals surface area contributed by atoms with Crippen molar-refractivity contribution >= 4 is 23.8 Å². The Bertz CT molecular complexity index is 762. The molecule has 0 saturated heterocycles. The lowest BCUT2D eigenvalue weighted by molar-refractivity contribution is -0.139. The van der Waals surface area contributed by atoms with Crippen molar-refractivity contribution in [2.75, 3.05) is 6.54 Å². The van der Waals surface area contributed by atoms with E-state index in [-0.39, 0.29) is 30.2 Å². The average Bonchev–Trinajstić information content (AvgIpc) is 2.71. The Kier molecular flexibility index (Phi) is 11.8. The molecule has 5 N–H and O–H groups in total. The van der Waals surface area contributed by atoms with Crippen LogP contribution in [0.5, 0.6) is 0 Å². The van der Waals surface area contributed by atoms with Gasteiger partial charge < -0.3 is 26.4 Å². The quantitative estimate of drug-likeness (QED) is 0.295. The van der Waals surface area contributed by atoms with Crippen molar-refractivity contribution in [3.05, 3.63) is 35.4 Å². The van der Waals surface area contributed by atoms with Crippen LogP contribution < -0.4 is 21.3 Å². The van der Waals surface area contributed by atoms with Crippen molar-refractivity contribution in [3.8, 4) is 0 Å². The summed E-state index contributed by atoms with van der Waals surface area (Å²) < 4.78 is 0. The predicted octanol–water partition coefficient (Wildman–Crippen LogP) is 2.58. The third-order valence-electron chi connectivity index (χ3n) is 4.73. The minimum Gasteiger partial charge on any atom is -0.480 e. The Morgan fingerprint density at radius 1 is 0.844 bits per heavy atom. The monoisotopic (exact) mass is 448 g/mol. The number of carboxylic acids is 1. The van der Waals surface area contributed by atoms with Gasteiger partial charge in [0.25, 0.3) is 0 Å². The summed E-state index contributed by atoms with van der Waals surface area (Å²) in [6.07, 6.45) is 1.81. The second-order valence-corrected chi connectivity index (χ2v) is 8.38. The van der Waals surface area contributed by atoms with Crippen molar-refractivity contribution in [2.45, 2.75) is 72.0 Å². The maximum atomic E-state index is 11.9. The van der Waals surface area contributed by atoms with Crippen LogP contribution in [-0.2, 0) is 22.6 Å². The average molecular weight is 449 g/mol. The number of hydrogen-bond donors (Lipinski definition) is 5. The Labute approximate surface area is 189 Å². The van der Waals surface area contributed by atoms with E-state index in [2.05, 4.69) is 21.3 Å². The van der Waals surface area contributed by atoms with Crippen LogP contribution in [0.15, 0.2) is 24.3 Å². The highest BCUT2D eigenvalue weighted by Gasteiger charge is 2.19. The van der Waals surface area contributed by atoms with Crippen LogP contribution in [0, 0.1) is 5.92 Å². The van der Waals surface area contributed by atoms with Crippen molar-refractivity contribution in [1.82, 2.24) is 21.3 Å². The molecule has 0 fully saturated rings. The molecule has 0 aliphatic rings. The zero-order valence-electron chi connectivity index (χ0n) is 19.4. The van der Waals surface area contributed by atoms with E-state index in [1.54, 1.807) is 13.8 Å². The molecule has 32 heavy (non-hydrogen) atoms. The molecule has 1 atom stereocenters. The normalized spacial score (nSPS) is 11.7. The maximum absolute atomic E-state index is 11.9. The molecule has 9 heteroatoms. The number of hydrogen-bond acceptors (Lipinski definition) is 4. The highest BCUT2D eigenvalue weighted by molar-refractivity contribution is 5.83. The molecule has 1 rings (SSSR count). The van der Waals surface area contributed by atoms with Gasteiger partial charge in [0.1, 0.15) is 11.8 Å². The van der Waals surface area contributed by atoms with Gasteiger partial charge in [-0.05, 0) is 44.2 Å². The number of Topliss-reactive ketones (excluding diaryl/α,β-unsaturated/α-hetero) is 1. The SMILES string of the molecule is CC(C)NC(=O)N[C@@H](CCCCNC(=O)NCc1ccc(CC(=O)C(C)C)cc1)C(=O)O. The van der Waals surface area contributed by atoms with Gasteiger partial charge in [0.05, 0.1) is 0 Å². The summed E-state index contributed by atoms with van der Waals surface area (Å²) in [5, 5.41) is 19.8. The molecule has 0 saturated carbocycles. The van der Waals surface area contributed by atoms with Crippen molar-refractivity contribution in [2.24, 2.45) is 5.92 Å². The molecule has 1 aromatic rings. The Balaban J connectivity index is 2.26. The number of carbonyl (C=O) groups excluding carboxylic acids is 3. The summed E-state index contributed by atoms with van der Waals surface area (Å²) in [7, 11) is 0. The van der Waals surface area contributed by atoms with Gasteiger partial charge in [0, 0.05) is 31.5 Å². The van der Waals surface area contributed by atoms with E-state index in [0.717, 1.165) is 11.1 Å². The molecule has 0 heterocycles. The van der Waals surface area contributed by atoms with E-state index in [1.165, 1.54) is 0 Å². The first-order chi connectivity index (χ1) is 15.1. The molecule has 0 aromatic heterocycles. The Hall–Kier alpha value is -3.10. The van der Waals surface area contributed by atoms with Gasteiger partial charge in [-0.25, -0.2) is 14.4 Å². The summed E-state index contributed by atoms with van der Waals surface area (Å²) in [5.41, 5.74) is 1.88. The van der Waals surface area contributed by atoms with Crippen molar-refractivity contribution in [1.29, 1.82) is 0 Å². The first kappa shape index (κ1) is 26.9. The lowest BCUT2D eigenvalue weighted by atomic mass is 10.0. The van der Waals surface area contributed by atoms with Gasteiger partial charge in [0.15, 0.2) is 0 Å². The molecule has 178 valence electrons. The molecule has 0 unspecified atom stereocenters. The van der Waals surface area contributed by atoms with Crippen molar-refractivity contribution < 1.29 is 24.3 Å². The molecule has 0 aliphatic heterocycles. The molecule has 1 aromatic carbocycles. The van der Waals surface area contributed by atoms with Gasteiger partial charge in [-0.3, -0.25) is 4.79 Å². The Morgan fingerprint density at radius 2 is 1.47 bits per heavy atom. The van der Waals surface area contributed by atoms with Gasteiger partial charge >= 0.3 is 18.0 Å². The minimum atomic E-state index is -1.09.